The van der Waals surface area contributed by atoms with E-state index in [-0.39, 0.29) is 29.7 Å². The number of para-hydroxylation sites is 1. The summed E-state index contributed by atoms with van der Waals surface area (Å²) in [6, 6.07) is 3.46. The van der Waals surface area contributed by atoms with E-state index in [0.29, 0.717) is 6.42 Å². The van der Waals surface area contributed by atoms with Crippen LogP contribution in [0, 0.1) is 5.82 Å². The molecule has 0 spiro atoms. The van der Waals surface area contributed by atoms with Gasteiger partial charge in [-0.1, -0.05) is 17.7 Å². The maximum Gasteiger partial charge on any atom is 0.322 e. The molecule has 0 bridgehead atoms. The number of halogens is 2. The summed E-state index contributed by atoms with van der Waals surface area (Å²) in [6.45, 7) is 3.86. The normalized spacial score (nSPS) is 10.5. The largest absolute Gasteiger partial charge is 0.481 e. The highest BCUT2D eigenvalue weighted by molar-refractivity contribution is 6.33. The van der Waals surface area contributed by atoms with Gasteiger partial charge in [0, 0.05) is 19.0 Å². The molecule has 0 radical (unpaired) electrons. The molecule has 0 aliphatic rings. The number of carbonyl (C=O) groups excluding carboxylic acids is 1. The second-order valence-electron chi connectivity index (χ2n) is 4.81. The lowest BCUT2D eigenvalue weighted by molar-refractivity contribution is -0.137. The zero-order valence-electron chi connectivity index (χ0n) is 11.9. The van der Waals surface area contributed by atoms with Crippen LogP contribution in [0.4, 0.5) is 14.9 Å². The molecular weight excluding hydrogens is 299 g/mol. The van der Waals surface area contributed by atoms with Crippen LogP contribution in [0.3, 0.4) is 0 Å². The molecule has 0 heterocycles. The number of hydrogen-bond acceptors (Lipinski definition) is 2. The van der Waals surface area contributed by atoms with Crippen LogP contribution in [0.15, 0.2) is 18.2 Å². The van der Waals surface area contributed by atoms with Crippen LogP contribution >= 0.6 is 11.6 Å². The van der Waals surface area contributed by atoms with Crippen LogP contribution in [-0.4, -0.2) is 34.6 Å². The molecule has 21 heavy (non-hydrogen) atoms. The zero-order valence-corrected chi connectivity index (χ0v) is 12.7. The van der Waals surface area contributed by atoms with Gasteiger partial charge in [0.25, 0.3) is 0 Å². The number of nitrogens with one attached hydrogen (secondary N) is 1. The lowest BCUT2D eigenvalue weighted by Crippen LogP contribution is -2.41. The minimum Gasteiger partial charge on any atom is -0.481 e. The van der Waals surface area contributed by atoms with Crippen molar-refractivity contribution in [3.05, 3.63) is 29.0 Å². The Kier molecular flexibility index (Phi) is 6.42. The van der Waals surface area contributed by atoms with E-state index in [1.165, 1.54) is 23.1 Å². The smallest absolute Gasteiger partial charge is 0.322 e. The zero-order chi connectivity index (χ0) is 16.0. The Balaban J connectivity index is 2.75. The van der Waals surface area contributed by atoms with Gasteiger partial charge in [-0.3, -0.25) is 4.79 Å². The number of amides is 2. The molecule has 0 atom stereocenters. The van der Waals surface area contributed by atoms with E-state index in [2.05, 4.69) is 5.32 Å². The third-order valence-electron chi connectivity index (χ3n) is 2.87. The standard InChI is InChI=1S/C14H18ClFN2O3/c1-9(2)18(8-4-7-12(19)20)14(21)17-13-10(15)5-3-6-11(13)16/h3,5-6,9H,4,7-8H2,1-2H3,(H,17,21)(H,19,20). The molecule has 1 aromatic rings. The van der Waals surface area contributed by atoms with Gasteiger partial charge in [-0.15, -0.1) is 0 Å². The number of nitrogens with zero attached hydrogens (tertiary/aromatic N) is 1. The molecule has 2 N–H and O–H groups in total. The number of hydrogen-bond donors (Lipinski definition) is 2. The summed E-state index contributed by atoms with van der Waals surface area (Å²) in [5, 5.41) is 11.2. The molecule has 5 nitrogen and oxygen atoms in total. The minimum absolute atomic E-state index is 0.0308. The van der Waals surface area contributed by atoms with Crippen molar-refractivity contribution in [2.75, 3.05) is 11.9 Å². The first-order valence-corrected chi connectivity index (χ1v) is 6.94. The molecule has 0 saturated heterocycles. The molecule has 0 aliphatic carbocycles. The van der Waals surface area contributed by atoms with Crippen LogP contribution in [0.1, 0.15) is 26.7 Å². The van der Waals surface area contributed by atoms with Gasteiger partial charge >= 0.3 is 12.0 Å². The van der Waals surface area contributed by atoms with Gasteiger partial charge < -0.3 is 15.3 Å². The van der Waals surface area contributed by atoms with Gasteiger partial charge in [-0.2, -0.15) is 0 Å². The molecule has 0 aromatic heterocycles. The van der Waals surface area contributed by atoms with E-state index < -0.39 is 17.8 Å². The van der Waals surface area contributed by atoms with E-state index in [4.69, 9.17) is 16.7 Å². The Morgan fingerprint density at radius 1 is 1.43 bits per heavy atom. The van der Waals surface area contributed by atoms with Crippen molar-refractivity contribution in [3.63, 3.8) is 0 Å². The minimum atomic E-state index is -0.920. The van der Waals surface area contributed by atoms with E-state index in [9.17, 15) is 14.0 Å². The average Bonchev–Trinajstić information content (AvgIpc) is 2.38. The van der Waals surface area contributed by atoms with Gasteiger partial charge in [0.05, 0.1) is 10.7 Å². The third kappa shape index (κ3) is 5.23. The van der Waals surface area contributed by atoms with Crippen molar-refractivity contribution in [1.29, 1.82) is 0 Å². The van der Waals surface area contributed by atoms with E-state index in [1.807, 2.05) is 0 Å². The third-order valence-corrected chi connectivity index (χ3v) is 3.18. The van der Waals surface area contributed by atoms with Crippen LogP contribution in [0.25, 0.3) is 0 Å². The number of benzene rings is 1. The number of rotatable bonds is 6. The molecule has 2 amide bonds. The molecule has 116 valence electrons. The van der Waals surface area contributed by atoms with Crippen LogP contribution < -0.4 is 5.32 Å². The molecule has 1 aromatic carbocycles. The van der Waals surface area contributed by atoms with Gasteiger partial charge in [0.2, 0.25) is 0 Å². The first kappa shape index (κ1) is 17.2. The highest BCUT2D eigenvalue weighted by atomic mass is 35.5. The molecule has 7 heteroatoms. The highest BCUT2D eigenvalue weighted by Crippen LogP contribution is 2.25. The van der Waals surface area contributed by atoms with E-state index in [1.54, 1.807) is 13.8 Å². The molecule has 1 rings (SSSR count). The van der Waals surface area contributed by atoms with Crippen molar-refractivity contribution in [1.82, 2.24) is 4.90 Å². The van der Waals surface area contributed by atoms with E-state index in [0.717, 1.165) is 0 Å². The van der Waals surface area contributed by atoms with Gasteiger partial charge in [-0.25, -0.2) is 9.18 Å². The summed E-state index contributed by atoms with van der Waals surface area (Å²) in [6.07, 6.45) is 0.295. The summed E-state index contributed by atoms with van der Waals surface area (Å²) in [4.78, 5) is 24.1. The lowest BCUT2D eigenvalue weighted by Gasteiger charge is -2.27. The predicted molar refractivity (Wildman–Crippen MR) is 79.1 cm³/mol. The number of carbonyl (C=O) groups is 2. The molecule has 0 fully saturated rings. The predicted octanol–water partition coefficient (Wildman–Crippen LogP) is 3.59. The topological polar surface area (TPSA) is 69.6 Å². The summed E-state index contributed by atoms with van der Waals surface area (Å²) >= 11 is 5.85. The summed E-state index contributed by atoms with van der Waals surface area (Å²) in [5.74, 6) is -1.54. The fourth-order valence-corrected chi connectivity index (χ4v) is 2.00. The van der Waals surface area contributed by atoms with Crippen molar-refractivity contribution in [2.24, 2.45) is 0 Å². The Bertz CT molecular complexity index is 503. The number of carboxylic acids is 1. The van der Waals surface area contributed by atoms with Crippen molar-refractivity contribution >= 4 is 29.3 Å². The van der Waals surface area contributed by atoms with Gasteiger partial charge in [-0.05, 0) is 32.4 Å². The average molecular weight is 317 g/mol. The second-order valence-corrected chi connectivity index (χ2v) is 5.22. The maximum atomic E-state index is 13.6. The van der Waals surface area contributed by atoms with Crippen LogP contribution in [0.5, 0.6) is 0 Å². The Morgan fingerprint density at radius 2 is 2.10 bits per heavy atom. The number of aliphatic carboxylic acids is 1. The maximum absolute atomic E-state index is 13.6. The summed E-state index contributed by atoms with van der Waals surface area (Å²) in [5.41, 5.74) is -0.0759. The lowest BCUT2D eigenvalue weighted by atomic mass is 10.2. The SMILES string of the molecule is CC(C)N(CCCC(=O)O)C(=O)Nc1c(F)cccc1Cl. The molecule has 0 saturated carbocycles. The highest BCUT2D eigenvalue weighted by Gasteiger charge is 2.19. The Labute approximate surface area is 127 Å². The number of carboxylic acid groups (broad SMARTS) is 1. The van der Waals surface area contributed by atoms with Crippen molar-refractivity contribution in [3.8, 4) is 0 Å². The van der Waals surface area contributed by atoms with Crippen molar-refractivity contribution < 1.29 is 19.1 Å². The first-order valence-electron chi connectivity index (χ1n) is 6.56. The number of anilines is 1. The molecule has 0 unspecified atom stereocenters. The quantitative estimate of drug-likeness (QED) is 0.842. The molecular formula is C14H18ClFN2O3. The van der Waals surface area contributed by atoms with E-state index >= 15 is 0 Å². The number of urea groups is 1. The van der Waals surface area contributed by atoms with Crippen LogP contribution in [-0.2, 0) is 4.79 Å². The second kappa shape index (κ2) is 7.83. The van der Waals surface area contributed by atoms with Crippen LogP contribution in [0.2, 0.25) is 5.02 Å². The molecule has 0 aliphatic heterocycles. The fourth-order valence-electron chi connectivity index (χ4n) is 1.79. The Morgan fingerprint density at radius 3 is 2.62 bits per heavy atom. The van der Waals surface area contributed by atoms with Gasteiger partial charge in [0.15, 0.2) is 0 Å². The Hall–Kier alpha value is -1.82. The van der Waals surface area contributed by atoms with Crippen molar-refractivity contribution in [2.45, 2.75) is 32.7 Å². The summed E-state index contributed by atoms with van der Waals surface area (Å²) < 4.78 is 13.6. The summed E-state index contributed by atoms with van der Waals surface area (Å²) in [7, 11) is 0. The first-order chi connectivity index (χ1) is 9.82. The fraction of sp³-hybridized carbons (Fsp3) is 0.429. The van der Waals surface area contributed by atoms with Gasteiger partial charge in [0.1, 0.15) is 5.82 Å². The monoisotopic (exact) mass is 316 g/mol.